The lowest BCUT2D eigenvalue weighted by molar-refractivity contribution is 0.749. The van der Waals surface area contributed by atoms with Gasteiger partial charge in [-0.2, -0.15) is 4.98 Å². The second-order valence-corrected chi connectivity index (χ2v) is 5.84. The molecule has 0 aliphatic heterocycles. The van der Waals surface area contributed by atoms with Gasteiger partial charge in [0.25, 0.3) is 0 Å². The molecule has 0 fully saturated rings. The highest BCUT2D eigenvalue weighted by Gasteiger charge is 2.08. The first-order chi connectivity index (χ1) is 10.5. The Balaban J connectivity index is 2.24. The van der Waals surface area contributed by atoms with Crippen molar-refractivity contribution < 1.29 is 0 Å². The molecule has 118 valence electrons. The molecule has 1 N–H and O–H groups in total. The van der Waals surface area contributed by atoms with Crippen molar-refractivity contribution in [3.63, 3.8) is 0 Å². The van der Waals surface area contributed by atoms with E-state index in [2.05, 4.69) is 59.2 Å². The summed E-state index contributed by atoms with van der Waals surface area (Å²) in [7, 11) is 2.05. The number of nitrogens with zero attached hydrogens (tertiary/aromatic N) is 3. The first kappa shape index (κ1) is 16.3. The molecular formula is C18H26N4. The quantitative estimate of drug-likeness (QED) is 0.859. The topological polar surface area (TPSA) is 41.1 Å². The maximum absolute atomic E-state index is 4.66. The van der Waals surface area contributed by atoms with Gasteiger partial charge in [0.05, 0.1) is 0 Å². The largest absolute Gasteiger partial charge is 0.344 e. The minimum absolute atomic E-state index is 0.779. The van der Waals surface area contributed by atoms with Gasteiger partial charge in [0, 0.05) is 31.0 Å². The van der Waals surface area contributed by atoms with E-state index in [1.807, 2.05) is 20.0 Å². The van der Waals surface area contributed by atoms with Crippen molar-refractivity contribution in [2.24, 2.45) is 0 Å². The number of hydrogen-bond acceptors (Lipinski definition) is 4. The van der Waals surface area contributed by atoms with E-state index < -0.39 is 0 Å². The molecule has 0 aliphatic rings. The Kier molecular flexibility index (Phi) is 5.36. The lowest BCUT2D eigenvalue weighted by atomic mass is 10.1. The van der Waals surface area contributed by atoms with Gasteiger partial charge in [0.15, 0.2) is 0 Å². The van der Waals surface area contributed by atoms with Gasteiger partial charge in [-0.15, -0.1) is 0 Å². The van der Waals surface area contributed by atoms with Gasteiger partial charge in [-0.3, -0.25) is 0 Å². The summed E-state index contributed by atoms with van der Waals surface area (Å²) < 4.78 is 0. The fourth-order valence-corrected chi connectivity index (χ4v) is 2.31. The van der Waals surface area contributed by atoms with E-state index in [0.29, 0.717) is 0 Å². The van der Waals surface area contributed by atoms with Crippen LogP contribution in [0.15, 0.2) is 24.3 Å². The number of unbranched alkanes of at least 4 members (excludes halogenated alkanes) is 1. The number of rotatable bonds is 6. The monoisotopic (exact) mass is 298 g/mol. The van der Waals surface area contributed by atoms with Crippen LogP contribution in [0.4, 0.5) is 17.5 Å². The Labute approximate surface area is 133 Å². The standard InChI is InChI=1S/C18H26N4/c1-6-7-11-22(5)18-19-14(3)12-17(21-18)20-16-10-8-9-13(2)15(16)4/h8-10,12H,6-7,11H2,1-5H3,(H,19,20,21). The molecule has 0 saturated carbocycles. The van der Waals surface area contributed by atoms with Crippen molar-refractivity contribution in [1.29, 1.82) is 0 Å². The van der Waals surface area contributed by atoms with Crippen LogP contribution in [0.25, 0.3) is 0 Å². The highest BCUT2D eigenvalue weighted by Crippen LogP contribution is 2.23. The maximum Gasteiger partial charge on any atom is 0.227 e. The first-order valence-corrected chi connectivity index (χ1v) is 7.91. The zero-order valence-corrected chi connectivity index (χ0v) is 14.3. The summed E-state index contributed by atoms with van der Waals surface area (Å²) in [5.41, 5.74) is 4.59. The SMILES string of the molecule is CCCCN(C)c1nc(C)cc(Nc2cccc(C)c2C)n1. The molecule has 0 saturated heterocycles. The molecule has 4 heteroatoms. The third kappa shape index (κ3) is 3.97. The van der Waals surface area contributed by atoms with Crippen LogP contribution < -0.4 is 10.2 Å². The molecule has 0 spiro atoms. The van der Waals surface area contributed by atoms with Crippen LogP contribution in [0.1, 0.15) is 36.6 Å². The summed E-state index contributed by atoms with van der Waals surface area (Å²) in [6.45, 7) is 9.42. The van der Waals surface area contributed by atoms with Crippen LogP contribution in [0.5, 0.6) is 0 Å². The highest BCUT2D eigenvalue weighted by molar-refractivity contribution is 5.62. The van der Waals surface area contributed by atoms with Crippen LogP contribution in [0.2, 0.25) is 0 Å². The summed E-state index contributed by atoms with van der Waals surface area (Å²) in [5.74, 6) is 1.63. The van der Waals surface area contributed by atoms with Crippen molar-refractivity contribution in [2.45, 2.75) is 40.5 Å². The summed E-state index contributed by atoms with van der Waals surface area (Å²) in [5, 5.41) is 3.43. The minimum atomic E-state index is 0.779. The zero-order valence-electron chi connectivity index (χ0n) is 14.3. The Hall–Kier alpha value is -2.10. The van der Waals surface area contributed by atoms with Crippen molar-refractivity contribution >= 4 is 17.5 Å². The van der Waals surface area contributed by atoms with E-state index in [1.165, 1.54) is 17.5 Å². The number of aromatic nitrogens is 2. The van der Waals surface area contributed by atoms with Gasteiger partial charge < -0.3 is 10.2 Å². The fraction of sp³-hybridized carbons (Fsp3) is 0.444. The Morgan fingerprint density at radius 1 is 1.14 bits per heavy atom. The lowest BCUT2D eigenvalue weighted by Gasteiger charge is -2.18. The second-order valence-electron chi connectivity index (χ2n) is 5.84. The molecule has 0 bridgehead atoms. The molecule has 4 nitrogen and oxygen atoms in total. The van der Waals surface area contributed by atoms with Gasteiger partial charge in [-0.25, -0.2) is 4.98 Å². The predicted octanol–water partition coefficient (Wildman–Crippen LogP) is 4.38. The van der Waals surface area contributed by atoms with E-state index in [1.54, 1.807) is 0 Å². The lowest BCUT2D eigenvalue weighted by Crippen LogP contribution is -2.21. The normalized spacial score (nSPS) is 10.6. The molecule has 1 aromatic carbocycles. The summed E-state index contributed by atoms with van der Waals surface area (Å²) in [6, 6.07) is 8.25. The van der Waals surface area contributed by atoms with Crippen molar-refractivity contribution in [3.05, 3.63) is 41.1 Å². The van der Waals surface area contributed by atoms with Crippen LogP contribution in [0.3, 0.4) is 0 Å². The van der Waals surface area contributed by atoms with Crippen LogP contribution >= 0.6 is 0 Å². The summed E-state index contributed by atoms with van der Waals surface area (Å²) >= 11 is 0. The van der Waals surface area contributed by atoms with Gasteiger partial charge >= 0.3 is 0 Å². The van der Waals surface area contributed by atoms with Crippen LogP contribution in [0, 0.1) is 20.8 Å². The van der Waals surface area contributed by atoms with Crippen molar-refractivity contribution in [2.75, 3.05) is 23.8 Å². The number of anilines is 3. The van der Waals surface area contributed by atoms with E-state index in [9.17, 15) is 0 Å². The van der Waals surface area contributed by atoms with Crippen molar-refractivity contribution in [3.8, 4) is 0 Å². The molecule has 2 rings (SSSR count). The molecule has 1 heterocycles. The Bertz CT molecular complexity index is 637. The van der Waals surface area contributed by atoms with Gasteiger partial charge in [0.2, 0.25) is 5.95 Å². The molecule has 0 atom stereocenters. The van der Waals surface area contributed by atoms with Gasteiger partial charge in [-0.05, 0) is 44.4 Å². The molecule has 0 amide bonds. The summed E-state index contributed by atoms with van der Waals surface area (Å²) in [4.78, 5) is 11.3. The van der Waals surface area contributed by atoms with E-state index in [4.69, 9.17) is 0 Å². The average molecular weight is 298 g/mol. The average Bonchev–Trinajstić information content (AvgIpc) is 2.49. The van der Waals surface area contributed by atoms with Crippen LogP contribution in [-0.4, -0.2) is 23.6 Å². The zero-order chi connectivity index (χ0) is 16.1. The number of aryl methyl sites for hydroxylation is 2. The minimum Gasteiger partial charge on any atom is -0.344 e. The smallest absolute Gasteiger partial charge is 0.227 e. The third-order valence-corrected chi connectivity index (χ3v) is 3.90. The van der Waals surface area contributed by atoms with Crippen LogP contribution in [-0.2, 0) is 0 Å². The maximum atomic E-state index is 4.66. The van der Waals surface area contributed by atoms with Gasteiger partial charge in [-0.1, -0.05) is 25.5 Å². The molecule has 0 unspecified atom stereocenters. The van der Waals surface area contributed by atoms with E-state index in [-0.39, 0.29) is 0 Å². The predicted molar refractivity (Wildman–Crippen MR) is 94.1 cm³/mol. The van der Waals surface area contributed by atoms with Crippen molar-refractivity contribution in [1.82, 2.24) is 9.97 Å². The van der Waals surface area contributed by atoms with E-state index >= 15 is 0 Å². The van der Waals surface area contributed by atoms with Gasteiger partial charge in [0.1, 0.15) is 5.82 Å². The first-order valence-electron chi connectivity index (χ1n) is 7.91. The number of nitrogens with one attached hydrogen (secondary N) is 1. The fourth-order valence-electron chi connectivity index (χ4n) is 2.31. The second kappa shape index (κ2) is 7.25. The highest BCUT2D eigenvalue weighted by atomic mass is 15.2. The van der Waals surface area contributed by atoms with E-state index in [0.717, 1.165) is 36.1 Å². The Morgan fingerprint density at radius 3 is 2.64 bits per heavy atom. The number of benzene rings is 1. The molecule has 2 aromatic rings. The number of hydrogen-bond donors (Lipinski definition) is 1. The third-order valence-electron chi connectivity index (χ3n) is 3.90. The molecule has 0 aliphatic carbocycles. The molecular weight excluding hydrogens is 272 g/mol. The molecule has 22 heavy (non-hydrogen) atoms. The molecule has 1 aromatic heterocycles. The summed E-state index contributed by atoms with van der Waals surface area (Å²) in [6.07, 6.45) is 2.32. The molecule has 0 radical (unpaired) electrons. The Morgan fingerprint density at radius 2 is 1.91 bits per heavy atom.